The molecule has 1 N–H and O–H groups in total. The average Bonchev–Trinajstić information content (AvgIpc) is 2.74. The number of nitrogens with zero attached hydrogens (tertiary/aromatic N) is 2. The van der Waals surface area contributed by atoms with Gasteiger partial charge in [-0.2, -0.15) is 0 Å². The van der Waals surface area contributed by atoms with Crippen LogP contribution in [0, 0.1) is 5.92 Å². The molecule has 1 aromatic rings. The molecule has 0 aromatic carbocycles. The Balaban J connectivity index is 1.55. The van der Waals surface area contributed by atoms with Crippen molar-refractivity contribution >= 4 is 0 Å². The number of nitrogens with one attached hydrogen (secondary N) is 1. The SMILES string of the molecule is c1ncn(CCC2CCCNC2)c1C1CCC1. The van der Waals surface area contributed by atoms with Crippen LogP contribution in [0.4, 0.5) is 0 Å². The van der Waals surface area contributed by atoms with Crippen molar-refractivity contribution in [1.82, 2.24) is 14.9 Å². The summed E-state index contributed by atoms with van der Waals surface area (Å²) in [5, 5.41) is 3.50. The first-order valence-corrected chi connectivity index (χ1v) is 7.14. The first kappa shape index (κ1) is 11.3. The van der Waals surface area contributed by atoms with Crippen molar-refractivity contribution in [2.75, 3.05) is 13.1 Å². The summed E-state index contributed by atoms with van der Waals surface area (Å²) >= 11 is 0. The molecule has 2 fully saturated rings. The van der Waals surface area contributed by atoms with Crippen molar-refractivity contribution in [3.63, 3.8) is 0 Å². The average molecular weight is 233 g/mol. The summed E-state index contributed by atoms with van der Waals surface area (Å²) in [5.41, 5.74) is 1.49. The fraction of sp³-hybridized carbons (Fsp3) is 0.786. The highest BCUT2D eigenvalue weighted by molar-refractivity contribution is 5.09. The molecule has 1 aliphatic carbocycles. The molecule has 1 saturated heterocycles. The summed E-state index contributed by atoms with van der Waals surface area (Å²) in [6, 6.07) is 0. The maximum absolute atomic E-state index is 4.34. The highest BCUT2D eigenvalue weighted by atomic mass is 15.0. The lowest BCUT2D eigenvalue weighted by atomic mass is 9.83. The lowest BCUT2D eigenvalue weighted by molar-refractivity contribution is 0.332. The molecule has 1 aromatic heterocycles. The van der Waals surface area contributed by atoms with Gasteiger partial charge in [-0.05, 0) is 51.1 Å². The molecule has 94 valence electrons. The van der Waals surface area contributed by atoms with Crippen LogP contribution >= 0.6 is 0 Å². The van der Waals surface area contributed by atoms with Gasteiger partial charge in [0.2, 0.25) is 0 Å². The van der Waals surface area contributed by atoms with Crippen LogP contribution in [0.3, 0.4) is 0 Å². The van der Waals surface area contributed by atoms with E-state index in [1.165, 1.54) is 57.3 Å². The second-order valence-electron chi connectivity index (χ2n) is 5.64. The molecule has 1 unspecified atom stereocenters. The van der Waals surface area contributed by atoms with E-state index in [4.69, 9.17) is 0 Å². The number of rotatable bonds is 4. The largest absolute Gasteiger partial charge is 0.334 e. The Hall–Kier alpha value is -0.830. The molecule has 1 atom stereocenters. The molecule has 0 radical (unpaired) electrons. The Kier molecular flexibility index (Phi) is 3.46. The summed E-state index contributed by atoms with van der Waals surface area (Å²) < 4.78 is 2.40. The molecule has 2 aliphatic rings. The molecule has 1 saturated carbocycles. The van der Waals surface area contributed by atoms with Gasteiger partial charge >= 0.3 is 0 Å². The maximum Gasteiger partial charge on any atom is 0.0948 e. The molecule has 0 spiro atoms. The number of aromatic nitrogens is 2. The summed E-state index contributed by atoms with van der Waals surface area (Å²) in [7, 11) is 0. The van der Waals surface area contributed by atoms with Crippen LogP contribution in [-0.4, -0.2) is 22.6 Å². The minimum atomic E-state index is 0.807. The van der Waals surface area contributed by atoms with E-state index in [1.54, 1.807) is 0 Å². The Morgan fingerprint density at radius 2 is 2.24 bits per heavy atom. The minimum Gasteiger partial charge on any atom is -0.334 e. The van der Waals surface area contributed by atoms with Crippen LogP contribution in [-0.2, 0) is 6.54 Å². The fourth-order valence-electron chi connectivity index (χ4n) is 3.05. The van der Waals surface area contributed by atoms with Crippen molar-refractivity contribution in [1.29, 1.82) is 0 Å². The van der Waals surface area contributed by atoms with Crippen molar-refractivity contribution in [2.24, 2.45) is 5.92 Å². The molecule has 1 aliphatic heterocycles. The van der Waals surface area contributed by atoms with E-state index in [0.29, 0.717) is 0 Å². The van der Waals surface area contributed by atoms with Crippen molar-refractivity contribution in [3.8, 4) is 0 Å². The van der Waals surface area contributed by atoms with Gasteiger partial charge in [-0.1, -0.05) is 6.42 Å². The van der Waals surface area contributed by atoms with Crippen molar-refractivity contribution in [3.05, 3.63) is 18.2 Å². The van der Waals surface area contributed by atoms with Gasteiger partial charge in [0.1, 0.15) is 0 Å². The Morgan fingerprint density at radius 3 is 2.94 bits per heavy atom. The predicted octanol–water partition coefficient (Wildman–Crippen LogP) is 2.54. The molecule has 3 rings (SSSR count). The maximum atomic E-state index is 4.34. The normalized spacial score (nSPS) is 25.8. The zero-order chi connectivity index (χ0) is 11.5. The van der Waals surface area contributed by atoms with Crippen LogP contribution < -0.4 is 5.32 Å². The van der Waals surface area contributed by atoms with Crippen molar-refractivity contribution < 1.29 is 0 Å². The lowest BCUT2D eigenvalue weighted by Crippen LogP contribution is -2.30. The van der Waals surface area contributed by atoms with E-state index in [2.05, 4.69) is 21.1 Å². The quantitative estimate of drug-likeness (QED) is 0.866. The number of hydrogen-bond acceptors (Lipinski definition) is 2. The molecular weight excluding hydrogens is 210 g/mol. The third-order valence-corrected chi connectivity index (χ3v) is 4.45. The molecule has 0 bridgehead atoms. The minimum absolute atomic E-state index is 0.807. The van der Waals surface area contributed by atoms with Gasteiger partial charge in [-0.15, -0.1) is 0 Å². The monoisotopic (exact) mass is 233 g/mol. The van der Waals surface area contributed by atoms with Gasteiger partial charge in [0.25, 0.3) is 0 Å². The summed E-state index contributed by atoms with van der Waals surface area (Å²) in [6.07, 6.45) is 12.3. The third-order valence-electron chi connectivity index (χ3n) is 4.45. The topological polar surface area (TPSA) is 29.9 Å². The molecular formula is C14H23N3. The summed E-state index contributed by atoms with van der Waals surface area (Å²) in [5.74, 6) is 1.68. The van der Waals surface area contributed by atoms with E-state index in [-0.39, 0.29) is 0 Å². The number of hydrogen-bond donors (Lipinski definition) is 1. The molecule has 17 heavy (non-hydrogen) atoms. The Morgan fingerprint density at radius 1 is 1.29 bits per heavy atom. The van der Waals surface area contributed by atoms with Gasteiger partial charge in [0.05, 0.1) is 6.33 Å². The van der Waals surface area contributed by atoms with Crippen LogP contribution in [0.15, 0.2) is 12.5 Å². The van der Waals surface area contributed by atoms with E-state index in [0.717, 1.165) is 18.4 Å². The lowest BCUT2D eigenvalue weighted by Gasteiger charge is -2.27. The van der Waals surface area contributed by atoms with Crippen LogP contribution in [0.5, 0.6) is 0 Å². The number of piperidine rings is 1. The molecule has 3 nitrogen and oxygen atoms in total. The van der Waals surface area contributed by atoms with E-state index < -0.39 is 0 Å². The van der Waals surface area contributed by atoms with Crippen LogP contribution in [0.25, 0.3) is 0 Å². The van der Waals surface area contributed by atoms with Gasteiger partial charge in [-0.25, -0.2) is 4.98 Å². The van der Waals surface area contributed by atoms with Gasteiger partial charge in [0.15, 0.2) is 0 Å². The highest BCUT2D eigenvalue weighted by Crippen LogP contribution is 2.36. The zero-order valence-corrected chi connectivity index (χ0v) is 10.6. The van der Waals surface area contributed by atoms with E-state index in [9.17, 15) is 0 Å². The Bertz CT molecular complexity index is 348. The molecule has 0 amide bonds. The standard InChI is InChI=1S/C14H23N3/c1-4-13(5-1)14-10-16-11-17(14)8-6-12-3-2-7-15-9-12/h10-13,15H,1-9H2. The predicted molar refractivity (Wildman–Crippen MR) is 69.0 cm³/mol. The smallest absolute Gasteiger partial charge is 0.0948 e. The first-order chi connectivity index (χ1) is 8.43. The Labute approximate surface area is 104 Å². The van der Waals surface area contributed by atoms with Crippen LogP contribution in [0.1, 0.15) is 50.1 Å². The van der Waals surface area contributed by atoms with E-state index >= 15 is 0 Å². The number of imidazole rings is 1. The second-order valence-corrected chi connectivity index (χ2v) is 5.64. The van der Waals surface area contributed by atoms with Crippen molar-refractivity contribution in [2.45, 2.75) is 51.0 Å². The highest BCUT2D eigenvalue weighted by Gasteiger charge is 2.23. The third kappa shape index (κ3) is 2.54. The summed E-state index contributed by atoms with van der Waals surface area (Å²) in [6.45, 7) is 3.60. The van der Waals surface area contributed by atoms with Gasteiger partial charge < -0.3 is 9.88 Å². The fourth-order valence-corrected chi connectivity index (χ4v) is 3.05. The first-order valence-electron chi connectivity index (χ1n) is 7.14. The number of aryl methyl sites for hydroxylation is 1. The van der Waals surface area contributed by atoms with Gasteiger partial charge in [0, 0.05) is 24.4 Å². The second kappa shape index (κ2) is 5.21. The summed E-state index contributed by atoms with van der Waals surface area (Å²) in [4.78, 5) is 4.34. The van der Waals surface area contributed by atoms with Gasteiger partial charge in [-0.3, -0.25) is 0 Å². The zero-order valence-electron chi connectivity index (χ0n) is 10.6. The van der Waals surface area contributed by atoms with Crippen LogP contribution in [0.2, 0.25) is 0 Å². The molecule has 2 heterocycles. The van der Waals surface area contributed by atoms with E-state index in [1.807, 2.05) is 6.33 Å². The molecule has 3 heteroatoms.